The molecule has 0 bridgehead atoms. The van der Waals surface area contributed by atoms with Gasteiger partial charge in [-0.3, -0.25) is 0 Å². The van der Waals surface area contributed by atoms with Crippen molar-refractivity contribution in [1.29, 1.82) is 0 Å². The Bertz CT molecular complexity index is 498. The van der Waals surface area contributed by atoms with Crippen LogP contribution in [0.5, 0.6) is 0 Å². The minimum Gasteiger partial charge on any atom is -0.478 e. The molecule has 7 atom stereocenters. The molecule has 1 aliphatic heterocycles. The van der Waals surface area contributed by atoms with E-state index in [1.54, 1.807) is 24.3 Å². The SMILES string of the molecule is O=C(O)C=CC1C=CC=CC1OC1O[C@H](CO)[C@@H](O)[C@H](O)[C@H]1O. The van der Waals surface area contributed by atoms with Crippen molar-refractivity contribution in [2.24, 2.45) is 5.92 Å². The molecule has 8 heteroatoms. The number of carboxylic acids is 1. The van der Waals surface area contributed by atoms with Crippen molar-refractivity contribution in [2.45, 2.75) is 36.8 Å². The van der Waals surface area contributed by atoms with Gasteiger partial charge in [-0.2, -0.15) is 0 Å². The molecular weight excluding hydrogens is 308 g/mol. The molecule has 0 radical (unpaired) electrons. The second-order valence-corrected chi connectivity index (χ2v) is 5.34. The van der Waals surface area contributed by atoms with Crippen molar-refractivity contribution in [1.82, 2.24) is 0 Å². The molecule has 3 unspecified atom stereocenters. The molecule has 1 saturated heterocycles. The van der Waals surface area contributed by atoms with Crippen molar-refractivity contribution in [3.63, 3.8) is 0 Å². The number of aliphatic hydroxyl groups excluding tert-OH is 4. The van der Waals surface area contributed by atoms with Gasteiger partial charge in [0, 0.05) is 12.0 Å². The van der Waals surface area contributed by atoms with E-state index in [1.807, 2.05) is 0 Å². The summed E-state index contributed by atoms with van der Waals surface area (Å²) in [4.78, 5) is 10.6. The van der Waals surface area contributed by atoms with Crippen LogP contribution in [0.25, 0.3) is 0 Å². The number of aliphatic hydroxyl groups is 4. The number of carbonyl (C=O) groups is 1. The third-order valence-corrected chi connectivity index (χ3v) is 3.73. The number of hydrogen-bond donors (Lipinski definition) is 5. The van der Waals surface area contributed by atoms with Crippen LogP contribution >= 0.6 is 0 Å². The molecule has 5 N–H and O–H groups in total. The smallest absolute Gasteiger partial charge is 0.327 e. The Morgan fingerprint density at radius 2 is 1.83 bits per heavy atom. The van der Waals surface area contributed by atoms with E-state index in [4.69, 9.17) is 19.7 Å². The van der Waals surface area contributed by atoms with E-state index in [0.29, 0.717) is 0 Å². The lowest BCUT2D eigenvalue weighted by Crippen LogP contribution is -2.59. The zero-order valence-corrected chi connectivity index (χ0v) is 12.2. The highest BCUT2D eigenvalue weighted by atomic mass is 16.7. The maximum atomic E-state index is 10.6. The fourth-order valence-electron chi connectivity index (χ4n) is 2.44. The van der Waals surface area contributed by atoms with E-state index in [1.165, 1.54) is 6.08 Å². The number of allylic oxidation sites excluding steroid dienone is 2. The third kappa shape index (κ3) is 4.25. The highest BCUT2D eigenvalue weighted by Gasteiger charge is 2.45. The second-order valence-electron chi connectivity index (χ2n) is 5.34. The highest BCUT2D eigenvalue weighted by molar-refractivity contribution is 5.79. The van der Waals surface area contributed by atoms with Crippen LogP contribution in [-0.2, 0) is 14.3 Å². The molecule has 128 valence electrons. The molecule has 0 aromatic carbocycles. The lowest BCUT2D eigenvalue weighted by molar-refractivity contribution is -0.309. The van der Waals surface area contributed by atoms with Crippen LogP contribution in [0.15, 0.2) is 36.5 Å². The van der Waals surface area contributed by atoms with Gasteiger partial charge in [-0.1, -0.05) is 30.4 Å². The Hall–Kier alpha value is -1.55. The second kappa shape index (κ2) is 7.82. The number of rotatable bonds is 5. The monoisotopic (exact) mass is 328 g/mol. The minimum atomic E-state index is -1.53. The van der Waals surface area contributed by atoms with Gasteiger partial charge in [0.25, 0.3) is 0 Å². The van der Waals surface area contributed by atoms with Crippen LogP contribution in [-0.4, -0.2) is 74.9 Å². The van der Waals surface area contributed by atoms with Gasteiger partial charge in [0.05, 0.1) is 12.7 Å². The zero-order chi connectivity index (χ0) is 17.0. The van der Waals surface area contributed by atoms with Gasteiger partial charge >= 0.3 is 5.97 Å². The summed E-state index contributed by atoms with van der Waals surface area (Å²) >= 11 is 0. The quantitative estimate of drug-likeness (QED) is 0.387. The summed E-state index contributed by atoms with van der Waals surface area (Å²) in [5.74, 6) is -1.50. The van der Waals surface area contributed by atoms with Gasteiger partial charge in [-0.15, -0.1) is 0 Å². The van der Waals surface area contributed by atoms with Crippen LogP contribution in [0.2, 0.25) is 0 Å². The summed E-state index contributed by atoms with van der Waals surface area (Å²) in [6, 6.07) is 0. The first-order chi connectivity index (χ1) is 10.9. The summed E-state index contributed by atoms with van der Waals surface area (Å²) in [7, 11) is 0. The van der Waals surface area contributed by atoms with Gasteiger partial charge in [0.15, 0.2) is 6.29 Å². The number of carboxylic acid groups (broad SMARTS) is 1. The minimum absolute atomic E-state index is 0.400. The first-order valence-electron chi connectivity index (χ1n) is 7.16. The molecule has 0 spiro atoms. The van der Waals surface area contributed by atoms with Crippen LogP contribution < -0.4 is 0 Å². The summed E-state index contributed by atoms with van der Waals surface area (Å²) in [6.07, 6.45) is 1.75. The lowest BCUT2D eigenvalue weighted by atomic mass is 9.96. The van der Waals surface area contributed by atoms with Gasteiger partial charge in [0.1, 0.15) is 24.4 Å². The van der Waals surface area contributed by atoms with E-state index >= 15 is 0 Å². The molecule has 1 aliphatic carbocycles. The molecular formula is C15H20O8. The van der Waals surface area contributed by atoms with Crippen LogP contribution in [0.4, 0.5) is 0 Å². The van der Waals surface area contributed by atoms with Gasteiger partial charge in [-0.05, 0) is 0 Å². The largest absolute Gasteiger partial charge is 0.478 e. The lowest BCUT2D eigenvalue weighted by Gasteiger charge is -2.41. The number of ether oxygens (including phenoxy) is 2. The van der Waals surface area contributed by atoms with Crippen LogP contribution in [0.1, 0.15) is 0 Å². The Labute approximate surface area is 132 Å². The molecule has 2 aliphatic rings. The van der Waals surface area contributed by atoms with E-state index in [-0.39, 0.29) is 0 Å². The first kappa shape index (κ1) is 17.8. The molecule has 0 amide bonds. The van der Waals surface area contributed by atoms with Crippen molar-refractivity contribution in [3.05, 3.63) is 36.5 Å². The highest BCUT2D eigenvalue weighted by Crippen LogP contribution is 2.26. The van der Waals surface area contributed by atoms with Crippen molar-refractivity contribution < 1.29 is 39.8 Å². The van der Waals surface area contributed by atoms with Crippen molar-refractivity contribution in [3.8, 4) is 0 Å². The maximum absolute atomic E-state index is 10.6. The predicted molar refractivity (Wildman–Crippen MR) is 77.2 cm³/mol. The topological polar surface area (TPSA) is 137 Å². The normalized spacial score (nSPS) is 40.6. The molecule has 1 fully saturated rings. The Morgan fingerprint density at radius 3 is 2.48 bits per heavy atom. The number of hydrogen-bond acceptors (Lipinski definition) is 7. The zero-order valence-electron chi connectivity index (χ0n) is 12.2. The fraction of sp³-hybridized carbons (Fsp3) is 0.533. The van der Waals surface area contributed by atoms with Crippen LogP contribution in [0.3, 0.4) is 0 Å². The maximum Gasteiger partial charge on any atom is 0.327 e. The van der Waals surface area contributed by atoms with Crippen molar-refractivity contribution in [2.75, 3.05) is 6.61 Å². The molecule has 8 nitrogen and oxygen atoms in total. The van der Waals surface area contributed by atoms with Crippen molar-refractivity contribution >= 4 is 5.97 Å². The summed E-state index contributed by atoms with van der Waals surface area (Å²) in [5, 5.41) is 47.3. The number of aliphatic carboxylic acids is 1. The summed E-state index contributed by atoms with van der Waals surface area (Å²) in [5.41, 5.74) is 0. The predicted octanol–water partition coefficient (Wildman–Crippen LogP) is -1.45. The molecule has 2 rings (SSSR count). The van der Waals surface area contributed by atoms with E-state index < -0.39 is 55.3 Å². The fourth-order valence-corrected chi connectivity index (χ4v) is 2.44. The van der Waals surface area contributed by atoms with E-state index in [2.05, 4.69) is 0 Å². The van der Waals surface area contributed by atoms with E-state index in [0.717, 1.165) is 6.08 Å². The third-order valence-electron chi connectivity index (χ3n) is 3.73. The van der Waals surface area contributed by atoms with Gasteiger partial charge in [0.2, 0.25) is 0 Å². The Kier molecular flexibility index (Phi) is 6.05. The average Bonchev–Trinajstić information content (AvgIpc) is 2.54. The van der Waals surface area contributed by atoms with Gasteiger partial charge in [-0.25, -0.2) is 4.79 Å². The summed E-state index contributed by atoms with van der Waals surface area (Å²) in [6.45, 7) is -0.548. The molecule has 1 heterocycles. The average molecular weight is 328 g/mol. The van der Waals surface area contributed by atoms with E-state index in [9.17, 15) is 20.1 Å². The standard InChI is InChI=1S/C15H20O8/c16-7-10-12(19)13(20)14(21)15(23-10)22-9-4-2-1-3-8(9)5-6-11(17)18/h1-6,8-10,12-16,19-21H,7H2,(H,17,18)/t8?,9?,10-,12-,13+,14-,15?/m1/s1. The molecule has 0 saturated carbocycles. The Balaban J connectivity index is 2.07. The molecule has 23 heavy (non-hydrogen) atoms. The Morgan fingerprint density at radius 1 is 1.13 bits per heavy atom. The van der Waals surface area contributed by atoms with Crippen LogP contribution in [0, 0.1) is 5.92 Å². The van der Waals surface area contributed by atoms with Gasteiger partial charge < -0.3 is 35.0 Å². The first-order valence-corrected chi connectivity index (χ1v) is 7.16. The summed E-state index contributed by atoms with van der Waals surface area (Å²) < 4.78 is 10.9. The molecule has 0 aromatic heterocycles. The molecule has 0 aromatic rings.